The van der Waals surface area contributed by atoms with Crippen LogP contribution in [0.2, 0.25) is 0 Å². The average Bonchev–Trinajstić information content (AvgIpc) is 2.70. The lowest BCUT2D eigenvalue weighted by atomic mass is 10.0. The summed E-state index contributed by atoms with van der Waals surface area (Å²) in [4.78, 5) is 36.0. The molecule has 0 bridgehead atoms. The maximum atomic E-state index is 12.1. The number of carbonyl (C=O) groups is 3. The molecule has 0 aromatic carbocycles. The molecule has 0 amide bonds. The summed E-state index contributed by atoms with van der Waals surface area (Å²) in [6, 6.07) is 0. The lowest BCUT2D eigenvalue weighted by molar-refractivity contribution is -0.176. The maximum absolute atomic E-state index is 12.1. The molecule has 30 heavy (non-hydrogen) atoms. The molecule has 7 heteroatoms. The van der Waals surface area contributed by atoms with Crippen LogP contribution in [0.15, 0.2) is 0 Å². The molecule has 0 aliphatic heterocycles. The van der Waals surface area contributed by atoms with E-state index in [0.717, 1.165) is 38.5 Å². The second kappa shape index (κ2) is 19.3. The van der Waals surface area contributed by atoms with Gasteiger partial charge in [0.2, 0.25) is 0 Å². The number of unbranched alkanes of at least 4 members (excludes halogenated alkanes) is 5. The van der Waals surface area contributed by atoms with E-state index in [4.69, 9.17) is 19.3 Å². The van der Waals surface area contributed by atoms with Crippen LogP contribution in [-0.2, 0) is 28.6 Å². The van der Waals surface area contributed by atoms with Gasteiger partial charge in [-0.25, -0.2) is 0 Å². The van der Waals surface area contributed by atoms with Crippen LogP contribution in [0.5, 0.6) is 0 Å². The molecule has 0 aliphatic rings. The number of hydrogen-bond donors (Lipinski definition) is 1. The molecular formula is C23H42O7. The highest BCUT2D eigenvalue weighted by Crippen LogP contribution is 2.18. The quantitative estimate of drug-likeness (QED) is 0.183. The van der Waals surface area contributed by atoms with Crippen molar-refractivity contribution < 1.29 is 33.7 Å². The molecule has 0 saturated carbocycles. The standard InChI is InChI=1S/C23H42O7/c1-4-13-21(25)28-18-20(30-23(27)15-6-3)19(29-22(26)14-5-2)16-11-9-7-8-10-12-17-24/h19-20,24H,4-18H2,1-3H3. The minimum absolute atomic E-state index is 0.102. The maximum Gasteiger partial charge on any atom is 0.306 e. The van der Waals surface area contributed by atoms with Gasteiger partial charge in [0.05, 0.1) is 0 Å². The zero-order chi connectivity index (χ0) is 22.6. The fourth-order valence-electron chi connectivity index (χ4n) is 3.02. The van der Waals surface area contributed by atoms with Crippen molar-refractivity contribution in [2.75, 3.05) is 13.2 Å². The number of aliphatic hydroxyl groups excluding tert-OH is 1. The topological polar surface area (TPSA) is 99.1 Å². The van der Waals surface area contributed by atoms with Gasteiger partial charge in [0, 0.05) is 25.9 Å². The van der Waals surface area contributed by atoms with Gasteiger partial charge < -0.3 is 19.3 Å². The van der Waals surface area contributed by atoms with Crippen molar-refractivity contribution in [2.45, 2.75) is 116 Å². The smallest absolute Gasteiger partial charge is 0.306 e. The van der Waals surface area contributed by atoms with E-state index in [9.17, 15) is 14.4 Å². The third-order valence-electron chi connectivity index (χ3n) is 4.65. The highest BCUT2D eigenvalue weighted by molar-refractivity contribution is 5.71. The zero-order valence-electron chi connectivity index (χ0n) is 19.2. The summed E-state index contributed by atoms with van der Waals surface area (Å²) in [5.74, 6) is -1.06. The first kappa shape index (κ1) is 28.4. The van der Waals surface area contributed by atoms with Crippen molar-refractivity contribution in [3.63, 3.8) is 0 Å². The molecule has 0 heterocycles. The Morgan fingerprint density at radius 1 is 0.667 bits per heavy atom. The van der Waals surface area contributed by atoms with E-state index >= 15 is 0 Å². The number of hydrogen-bond acceptors (Lipinski definition) is 7. The molecule has 2 unspecified atom stereocenters. The van der Waals surface area contributed by atoms with Crippen LogP contribution in [0.25, 0.3) is 0 Å². The van der Waals surface area contributed by atoms with Crippen molar-refractivity contribution in [1.82, 2.24) is 0 Å². The number of ether oxygens (including phenoxy) is 3. The highest BCUT2D eigenvalue weighted by Gasteiger charge is 2.29. The van der Waals surface area contributed by atoms with Crippen molar-refractivity contribution in [1.29, 1.82) is 0 Å². The van der Waals surface area contributed by atoms with E-state index in [0.29, 0.717) is 38.5 Å². The van der Waals surface area contributed by atoms with Crippen LogP contribution in [-0.4, -0.2) is 48.4 Å². The fourth-order valence-corrected chi connectivity index (χ4v) is 3.02. The summed E-state index contributed by atoms with van der Waals surface area (Å²) in [5.41, 5.74) is 0. The van der Waals surface area contributed by atoms with Gasteiger partial charge in [0.25, 0.3) is 0 Å². The van der Waals surface area contributed by atoms with Gasteiger partial charge in [0.15, 0.2) is 6.10 Å². The molecule has 0 radical (unpaired) electrons. The summed E-state index contributed by atoms with van der Waals surface area (Å²) in [6.45, 7) is 5.78. The van der Waals surface area contributed by atoms with Crippen LogP contribution < -0.4 is 0 Å². The van der Waals surface area contributed by atoms with Crippen molar-refractivity contribution in [3.8, 4) is 0 Å². The van der Waals surface area contributed by atoms with Crippen molar-refractivity contribution in [3.05, 3.63) is 0 Å². The molecule has 176 valence electrons. The lowest BCUT2D eigenvalue weighted by Crippen LogP contribution is -2.39. The van der Waals surface area contributed by atoms with Crippen LogP contribution >= 0.6 is 0 Å². The van der Waals surface area contributed by atoms with E-state index in [2.05, 4.69) is 0 Å². The van der Waals surface area contributed by atoms with E-state index < -0.39 is 12.2 Å². The number of esters is 3. The fraction of sp³-hybridized carbons (Fsp3) is 0.870. The van der Waals surface area contributed by atoms with Crippen molar-refractivity contribution >= 4 is 17.9 Å². The minimum atomic E-state index is -0.792. The summed E-state index contributed by atoms with van der Waals surface area (Å²) >= 11 is 0. The third-order valence-corrected chi connectivity index (χ3v) is 4.65. The van der Waals surface area contributed by atoms with Crippen LogP contribution in [0.1, 0.15) is 104 Å². The summed E-state index contributed by atoms with van der Waals surface area (Å²) < 4.78 is 16.5. The van der Waals surface area contributed by atoms with Gasteiger partial charge in [-0.3, -0.25) is 14.4 Å². The van der Waals surface area contributed by atoms with E-state index in [1.807, 2.05) is 20.8 Å². The van der Waals surface area contributed by atoms with Gasteiger partial charge >= 0.3 is 17.9 Å². The Morgan fingerprint density at radius 2 is 1.13 bits per heavy atom. The molecule has 0 fully saturated rings. The van der Waals surface area contributed by atoms with E-state index in [-0.39, 0.29) is 37.5 Å². The summed E-state index contributed by atoms with van der Waals surface area (Å²) in [7, 11) is 0. The van der Waals surface area contributed by atoms with Crippen LogP contribution in [0, 0.1) is 0 Å². The number of aliphatic hydroxyl groups is 1. The van der Waals surface area contributed by atoms with E-state index in [1.54, 1.807) is 0 Å². The summed E-state index contributed by atoms with van der Waals surface area (Å²) in [5, 5.41) is 8.84. The molecule has 0 aromatic rings. The Bertz CT molecular complexity index is 464. The van der Waals surface area contributed by atoms with Crippen molar-refractivity contribution in [2.24, 2.45) is 0 Å². The predicted molar refractivity (Wildman–Crippen MR) is 115 cm³/mol. The molecule has 0 saturated heterocycles. The Morgan fingerprint density at radius 3 is 1.67 bits per heavy atom. The first-order valence-corrected chi connectivity index (χ1v) is 11.6. The molecule has 0 rings (SSSR count). The molecule has 0 aromatic heterocycles. The highest BCUT2D eigenvalue weighted by atomic mass is 16.6. The normalized spacial score (nSPS) is 12.8. The molecule has 0 spiro atoms. The third kappa shape index (κ3) is 15.2. The number of carbonyl (C=O) groups excluding carboxylic acids is 3. The molecule has 0 aliphatic carbocycles. The molecule has 7 nitrogen and oxygen atoms in total. The van der Waals surface area contributed by atoms with Crippen LogP contribution in [0.3, 0.4) is 0 Å². The average molecular weight is 431 g/mol. The SMILES string of the molecule is CCCC(=O)OCC(OC(=O)CCC)C(CCCCCCCCO)OC(=O)CCC. The lowest BCUT2D eigenvalue weighted by Gasteiger charge is -2.27. The van der Waals surface area contributed by atoms with E-state index in [1.165, 1.54) is 0 Å². The van der Waals surface area contributed by atoms with Crippen LogP contribution in [0.4, 0.5) is 0 Å². The Hall–Kier alpha value is -1.63. The number of rotatable bonds is 19. The Kier molecular flexibility index (Phi) is 18.3. The molecular weight excluding hydrogens is 388 g/mol. The van der Waals surface area contributed by atoms with Gasteiger partial charge in [-0.15, -0.1) is 0 Å². The monoisotopic (exact) mass is 430 g/mol. The van der Waals surface area contributed by atoms with Gasteiger partial charge in [-0.1, -0.05) is 46.5 Å². The Balaban J connectivity index is 4.96. The molecule has 1 N–H and O–H groups in total. The predicted octanol–water partition coefficient (Wildman–Crippen LogP) is 4.48. The second-order valence-electron chi connectivity index (χ2n) is 7.62. The molecule has 2 atom stereocenters. The van der Waals surface area contributed by atoms with Gasteiger partial charge in [-0.2, -0.15) is 0 Å². The minimum Gasteiger partial charge on any atom is -0.462 e. The largest absolute Gasteiger partial charge is 0.462 e. The summed E-state index contributed by atoms with van der Waals surface area (Å²) in [6.07, 6.45) is 7.63. The Labute approximate surface area is 181 Å². The first-order chi connectivity index (χ1) is 14.5. The first-order valence-electron chi connectivity index (χ1n) is 11.6. The van der Waals surface area contributed by atoms with Gasteiger partial charge in [-0.05, 0) is 38.5 Å². The van der Waals surface area contributed by atoms with Gasteiger partial charge in [0.1, 0.15) is 12.7 Å². The second-order valence-corrected chi connectivity index (χ2v) is 7.62. The zero-order valence-corrected chi connectivity index (χ0v) is 19.2.